The van der Waals surface area contributed by atoms with Crippen LogP contribution in [-0.4, -0.2) is 55.6 Å². The van der Waals surface area contributed by atoms with Crippen molar-refractivity contribution in [1.82, 2.24) is 20.5 Å². The monoisotopic (exact) mass is 584 g/mol. The SMILES string of the molecule is Cc1ncsc1-c1ccc(CNC(=O)[C@@H]2C[C@@H](O)CN2C(=O)[C@@H](NC(C)I)C(C)(C)C)cc1. The van der Waals surface area contributed by atoms with Gasteiger partial charge in [0.05, 0.1) is 32.3 Å². The van der Waals surface area contributed by atoms with E-state index in [9.17, 15) is 14.7 Å². The molecule has 0 aliphatic carbocycles. The molecule has 3 N–H and O–H groups in total. The molecule has 2 aromatic rings. The number of carbonyl (C=O) groups is 2. The molecule has 0 radical (unpaired) electrons. The van der Waals surface area contributed by atoms with Gasteiger partial charge in [0.2, 0.25) is 11.8 Å². The number of β-amino-alcohol motifs (C(OH)–C–C–N with tert-alkyl or cyclic N) is 1. The number of halogens is 1. The Hall–Kier alpha value is -1.56. The van der Waals surface area contributed by atoms with Crippen molar-refractivity contribution in [2.75, 3.05) is 6.54 Å². The number of likely N-dealkylation sites (tertiary alicyclic amines) is 1. The topological polar surface area (TPSA) is 94.6 Å². The highest BCUT2D eigenvalue weighted by Crippen LogP contribution is 2.28. The molecule has 3 rings (SSSR count). The van der Waals surface area contributed by atoms with E-state index in [0.717, 1.165) is 21.7 Å². The fourth-order valence-corrected chi connectivity index (χ4v) is 5.22. The van der Waals surface area contributed by atoms with Crippen molar-refractivity contribution in [2.45, 2.75) is 69.8 Å². The summed E-state index contributed by atoms with van der Waals surface area (Å²) >= 11 is 3.84. The zero-order chi connectivity index (χ0) is 24.3. The van der Waals surface area contributed by atoms with Crippen molar-refractivity contribution in [3.8, 4) is 10.4 Å². The highest BCUT2D eigenvalue weighted by atomic mass is 127. The number of amides is 2. The van der Waals surface area contributed by atoms with Gasteiger partial charge in [-0.25, -0.2) is 4.98 Å². The van der Waals surface area contributed by atoms with Crippen LogP contribution in [0.25, 0.3) is 10.4 Å². The van der Waals surface area contributed by atoms with E-state index in [0.29, 0.717) is 6.54 Å². The van der Waals surface area contributed by atoms with Gasteiger partial charge in [-0.15, -0.1) is 11.3 Å². The number of hydrogen-bond donors (Lipinski definition) is 3. The Labute approximate surface area is 213 Å². The maximum Gasteiger partial charge on any atom is 0.243 e. The molecule has 180 valence electrons. The fourth-order valence-electron chi connectivity index (χ4n) is 4.05. The number of benzene rings is 1. The minimum absolute atomic E-state index is 0.0901. The van der Waals surface area contributed by atoms with E-state index in [1.54, 1.807) is 11.3 Å². The Bertz CT molecular complexity index is 971. The molecule has 9 heteroatoms. The van der Waals surface area contributed by atoms with E-state index in [2.05, 4.69) is 38.2 Å². The number of aromatic nitrogens is 1. The molecule has 33 heavy (non-hydrogen) atoms. The van der Waals surface area contributed by atoms with E-state index in [-0.39, 0.29) is 34.2 Å². The Balaban J connectivity index is 1.66. The summed E-state index contributed by atoms with van der Waals surface area (Å²) in [5.41, 5.74) is 4.58. The molecule has 1 unspecified atom stereocenters. The quantitative estimate of drug-likeness (QED) is 0.263. The number of aliphatic hydroxyl groups is 1. The molecule has 1 aliphatic rings. The number of alkyl halides is 1. The molecule has 0 spiro atoms. The number of thiazole rings is 1. The third-order valence-corrected chi connectivity index (χ3v) is 7.14. The van der Waals surface area contributed by atoms with Crippen LogP contribution in [0.3, 0.4) is 0 Å². The highest BCUT2D eigenvalue weighted by Gasteiger charge is 2.44. The number of nitrogens with one attached hydrogen (secondary N) is 2. The van der Waals surface area contributed by atoms with E-state index < -0.39 is 18.2 Å². The fraction of sp³-hybridized carbons (Fsp3) is 0.542. The molecule has 1 saturated heterocycles. The van der Waals surface area contributed by atoms with Gasteiger partial charge in [0.25, 0.3) is 0 Å². The largest absolute Gasteiger partial charge is 0.391 e. The standard InChI is InChI=1S/C24H33IN4O3S/c1-14-20(33-13-27-14)17-8-6-16(7-9-17)11-26-22(31)19-10-18(30)12-29(19)23(32)21(24(3,4)5)28-15(2)25/h6-9,13,15,18-19,21,28,30H,10-12H2,1-5H3,(H,26,31)/t15?,18-,19+,21-/m1/s1. The minimum Gasteiger partial charge on any atom is -0.391 e. The summed E-state index contributed by atoms with van der Waals surface area (Å²) in [4.78, 5) is 33.4. The van der Waals surface area contributed by atoms with Gasteiger partial charge < -0.3 is 15.3 Å². The number of hydrogen-bond acceptors (Lipinski definition) is 6. The summed E-state index contributed by atoms with van der Waals surface area (Å²) in [6, 6.07) is 6.91. The summed E-state index contributed by atoms with van der Waals surface area (Å²) in [6.45, 7) is 10.5. The predicted molar refractivity (Wildman–Crippen MR) is 140 cm³/mol. The number of aliphatic hydroxyl groups excluding tert-OH is 1. The van der Waals surface area contributed by atoms with Crippen molar-refractivity contribution >= 4 is 45.7 Å². The summed E-state index contributed by atoms with van der Waals surface area (Å²) in [5, 5.41) is 16.5. The van der Waals surface area contributed by atoms with Gasteiger partial charge in [-0.05, 0) is 30.4 Å². The van der Waals surface area contributed by atoms with E-state index in [4.69, 9.17) is 0 Å². The molecular formula is C24H33IN4O3S. The molecule has 2 heterocycles. The first kappa shape index (κ1) is 26.1. The number of carbonyl (C=O) groups excluding carboxylic acids is 2. The first-order chi connectivity index (χ1) is 15.5. The zero-order valence-electron chi connectivity index (χ0n) is 19.8. The van der Waals surface area contributed by atoms with Crippen molar-refractivity contribution in [3.63, 3.8) is 0 Å². The molecule has 1 fully saturated rings. The maximum absolute atomic E-state index is 13.4. The van der Waals surface area contributed by atoms with E-state index in [1.807, 2.05) is 64.4 Å². The van der Waals surface area contributed by atoms with Crippen LogP contribution >= 0.6 is 33.9 Å². The van der Waals surface area contributed by atoms with Gasteiger partial charge >= 0.3 is 0 Å². The molecule has 1 aromatic carbocycles. The van der Waals surface area contributed by atoms with Crippen LogP contribution in [0, 0.1) is 12.3 Å². The molecule has 0 saturated carbocycles. The molecule has 1 aromatic heterocycles. The van der Waals surface area contributed by atoms with Gasteiger partial charge in [-0.2, -0.15) is 0 Å². The normalized spacial score (nSPS) is 20.5. The summed E-state index contributed by atoms with van der Waals surface area (Å²) in [5.74, 6) is -0.385. The van der Waals surface area contributed by atoms with Crippen molar-refractivity contribution in [1.29, 1.82) is 0 Å². The number of rotatable bonds is 7. The lowest BCUT2D eigenvalue weighted by Gasteiger charge is -2.36. The van der Waals surface area contributed by atoms with Gasteiger partial charge in [0, 0.05) is 19.5 Å². The third kappa shape index (κ3) is 6.52. The second-order valence-corrected chi connectivity index (χ2v) is 12.4. The van der Waals surface area contributed by atoms with E-state index in [1.165, 1.54) is 4.90 Å². The number of aryl methyl sites for hydroxylation is 1. The Morgan fingerprint density at radius 3 is 2.52 bits per heavy atom. The third-order valence-electron chi connectivity index (χ3n) is 5.80. The van der Waals surface area contributed by atoms with Crippen LogP contribution in [0.2, 0.25) is 0 Å². The Morgan fingerprint density at radius 2 is 1.97 bits per heavy atom. The Kier molecular flexibility index (Phi) is 8.52. The Morgan fingerprint density at radius 1 is 1.30 bits per heavy atom. The molecular weight excluding hydrogens is 551 g/mol. The van der Waals surface area contributed by atoms with Crippen LogP contribution in [0.5, 0.6) is 0 Å². The maximum atomic E-state index is 13.4. The highest BCUT2D eigenvalue weighted by molar-refractivity contribution is 14.1. The summed E-state index contributed by atoms with van der Waals surface area (Å²) in [6.07, 6.45) is -0.457. The summed E-state index contributed by atoms with van der Waals surface area (Å²) < 4.78 is 0.0901. The van der Waals surface area contributed by atoms with E-state index >= 15 is 0 Å². The smallest absolute Gasteiger partial charge is 0.243 e. The first-order valence-electron chi connectivity index (χ1n) is 11.1. The summed E-state index contributed by atoms with van der Waals surface area (Å²) in [7, 11) is 0. The second-order valence-electron chi connectivity index (χ2n) is 9.66. The average Bonchev–Trinajstić information content (AvgIpc) is 3.35. The predicted octanol–water partition coefficient (Wildman–Crippen LogP) is 3.48. The minimum atomic E-state index is -0.704. The lowest BCUT2D eigenvalue weighted by Crippen LogP contribution is -2.57. The van der Waals surface area contributed by atoms with Gasteiger partial charge in [0.1, 0.15) is 6.04 Å². The second kappa shape index (κ2) is 10.8. The number of nitrogens with zero attached hydrogens (tertiary/aromatic N) is 2. The van der Waals surface area contributed by atoms with Crippen molar-refractivity contribution < 1.29 is 14.7 Å². The van der Waals surface area contributed by atoms with Crippen LogP contribution in [0.4, 0.5) is 0 Å². The molecule has 7 nitrogen and oxygen atoms in total. The first-order valence-corrected chi connectivity index (χ1v) is 13.3. The van der Waals surface area contributed by atoms with Crippen LogP contribution in [-0.2, 0) is 16.1 Å². The van der Waals surface area contributed by atoms with Gasteiger partial charge in [-0.1, -0.05) is 67.6 Å². The average molecular weight is 585 g/mol. The molecule has 4 atom stereocenters. The lowest BCUT2D eigenvalue weighted by atomic mass is 9.85. The van der Waals surface area contributed by atoms with Crippen LogP contribution in [0.1, 0.15) is 45.4 Å². The van der Waals surface area contributed by atoms with Gasteiger partial charge in [-0.3, -0.25) is 14.9 Å². The zero-order valence-corrected chi connectivity index (χ0v) is 22.7. The molecule has 0 bridgehead atoms. The van der Waals surface area contributed by atoms with Crippen molar-refractivity contribution in [3.05, 3.63) is 41.0 Å². The molecule has 2 amide bonds. The van der Waals surface area contributed by atoms with Crippen LogP contribution < -0.4 is 10.6 Å². The lowest BCUT2D eigenvalue weighted by molar-refractivity contribution is -0.142. The van der Waals surface area contributed by atoms with Gasteiger partial charge in [0.15, 0.2) is 0 Å². The van der Waals surface area contributed by atoms with Crippen LogP contribution in [0.15, 0.2) is 29.8 Å². The molecule has 1 aliphatic heterocycles. The van der Waals surface area contributed by atoms with Crippen molar-refractivity contribution in [2.24, 2.45) is 5.41 Å².